The standard InChI is InChI=1S/C15H13BrF3NO/c1-10(11-6-8-12(16)9-7-11)20-13-4-2-3-5-14(13)21-15(17,18)19/h2-10,20H,1H3. The topological polar surface area (TPSA) is 21.3 Å². The number of nitrogens with one attached hydrogen (secondary N) is 1. The minimum absolute atomic E-state index is 0.156. The van der Waals surface area contributed by atoms with Crippen LogP contribution in [0.4, 0.5) is 18.9 Å². The average Bonchev–Trinajstić information content (AvgIpc) is 2.40. The van der Waals surface area contributed by atoms with Gasteiger partial charge in [0.1, 0.15) is 0 Å². The van der Waals surface area contributed by atoms with E-state index in [0.717, 1.165) is 10.0 Å². The van der Waals surface area contributed by atoms with Gasteiger partial charge in [0, 0.05) is 10.5 Å². The molecule has 0 radical (unpaired) electrons. The molecule has 2 nitrogen and oxygen atoms in total. The van der Waals surface area contributed by atoms with Gasteiger partial charge in [0.15, 0.2) is 5.75 Å². The third kappa shape index (κ3) is 4.67. The van der Waals surface area contributed by atoms with Crippen LogP contribution in [0, 0.1) is 0 Å². The van der Waals surface area contributed by atoms with Gasteiger partial charge in [0.2, 0.25) is 0 Å². The molecule has 2 rings (SSSR count). The Balaban J connectivity index is 2.17. The largest absolute Gasteiger partial charge is 0.573 e. The summed E-state index contributed by atoms with van der Waals surface area (Å²) in [6, 6.07) is 13.4. The highest BCUT2D eigenvalue weighted by Gasteiger charge is 2.32. The molecule has 0 heterocycles. The van der Waals surface area contributed by atoms with Crippen molar-refractivity contribution in [2.45, 2.75) is 19.3 Å². The Morgan fingerprint density at radius 3 is 2.29 bits per heavy atom. The van der Waals surface area contributed by atoms with Crippen molar-refractivity contribution in [1.29, 1.82) is 0 Å². The van der Waals surface area contributed by atoms with Crippen LogP contribution in [-0.4, -0.2) is 6.36 Å². The maximum atomic E-state index is 12.4. The van der Waals surface area contributed by atoms with Gasteiger partial charge in [-0.05, 0) is 36.8 Å². The molecule has 0 aliphatic carbocycles. The summed E-state index contributed by atoms with van der Waals surface area (Å²) in [5.74, 6) is -0.242. The van der Waals surface area contributed by atoms with Gasteiger partial charge in [-0.25, -0.2) is 0 Å². The molecule has 0 aliphatic rings. The summed E-state index contributed by atoms with van der Waals surface area (Å²) in [5.41, 5.74) is 1.25. The molecule has 2 aromatic carbocycles. The maximum Gasteiger partial charge on any atom is 0.573 e. The highest BCUT2D eigenvalue weighted by molar-refractivity contribution is 9.10. The molecule has 2 aromatic rings. The normalized spacial score (nSPS) is 12.8. The molecule has 0 bridgehead atoms. The van der Waals surface area contributed by atoms with Crippen LogP contribution in [0.25, 0.3) is 0 Å². The quantitative estimate of drug-likeness (QED) is 0.775. The van der Waals surface area contributed by atoms with Crippen molar-refractivity contribution in [3.63, 3.8) is 0 Å². The van der Waals surface area contributed by atoms with E-state index in [2.05, 4.69) is 26.0 Å². The molecular weight excluding hydrogens is 347 g/mol. The highest BCUT2D eigenvalue weighted by atomic mass is 79.9. The molecule has 112 valence electrons. The number of hydrogen-bond acceptors (Lipinski definition) is 2. The zero-order valence-corrected chi connectivity index (χ0v) is 12.7. The molecule has 0 fully saturated rings. The van der Waals surface area contributed by atoms with Gasteiger partial charge in [-0.15, -0.1) is 13.2 Å². The van der Waals surface area contributed by atoms with E-state index in [0.29, 0.717) is 5.69 Å². The lowest BCUT2D eigenvalue weighted by Crippen LogP contribution is -2.18. The molecule has 1 unspecified atom stereocenters. The van der Waals surface area contributed by atoms with E-state index in [1.165, 1.54) is 12.1 Å². The summed E-state index contributed by atoms with van der Waals surface area (Å²) in [6.45, 7) is 1.87. The van der Waals surface area contributed by atoms with Gasteiger partial charge in [-0.2, -0.15) is 0 Å². The fourth-order valence-electron chi connectivity index (χ4n) is 1.87. The van der Waals surface area contributed by atoms with E-state index >= 15 is 0 Å². The predicted octanol–water partition coefficient (Wildman–Crippen LogP) is 5.52. The number of ether oxygens (including phenoxy) is 1. The van der Waals surface area contributed by atoms with E-state index in [1.807, 2.05) is 31.2 Å². The summed E-state index contributed by atoms with van der Waals surface area (Å²) < 4.78 is 42.1. The number of hydrogen-bond donors (Lipinski definition) is 1. The first kappa shape index (κ1) is 15.7. The van der Waals surface area contributed by atoms with Gasteiger partial charge in [0.05, 0.1) is 5.69 Å². The number of halogens is 4. The Labute approximate surface area is 129 Å². The second-order valence-corrected chi connectivity index (χ2v) is 5.38. The van der Waals surface area contributed by atoms with E-state index in [-0.39, 0.29) is 11.8 Å². The first-order valence-corrected chi connectivity index (χ1v) is 7.01. The fourth-order valence-corrected chi connectivity index (χ4v) is 2.13. The van der Waals surface area contributed by atoms with Crippen LogP contribution in [0.5, 0.6) is 5.75 Å². The second kappa shape index (κ2) is 6.39. The number of alkyl halides is 3. The molecule has 0 saturated heterocycles. The van der Waals surface area contributed by atoms with Gasteiger partial charge < -0.3 is 10.1 Å². The van der Waals surface area contributed by atoms with Crippen LogP contribution in [0.15, 0.2) is 53.0 Å². The van der Waals surface area contributed by atoms with Crippen molar-refractivity contribution in [2.24, 2.45) is 0 Å². The molecule has 6 heteroatoms. The minimum Gasteiger partial charge on any atom is -0.404 e. The summed E-state index contributed by atoms with van der Waals surface area (Å²) in [7, 11) is 0. The molecule has 0 saturated carbocycles. The first-order valence-electron chi connectivity index (χ1n) is 6.22. The third-order valence-corrected chi connectivity index (χ3v) is 3.38. The lowest BCUT2D eigenvalue weighted by molar-refractivity contribution is -0.274. The van der Waals surface area contributed by atoms with E-state index in [4.69, 9.17) is 0 Å². The summed E-state index contributed by atoms with van der Waals surface area (Å²) >= 11 is 3.34. The van der Waals surface area contributed by atoms with Crippen molar-refractivity contribution in [3.05, 3.63) is 58.6 Å². The summed E-state index contributed by atoms with van der Waals surface area (Å²) in [5, 5.41) is 3.03. The Bertz CT molecular complexity index is 599. The number of benzene rings is 2. The van der Waals surface area contributed by atoms with Gasteiger partial charge in [0.25, 0.3) is 0 Å². The second-order valence-electron chi connectivity index (χ2n) is 4.46. The van der Waals surface area contributed by atoms with Gasteiger partial charge in [-0.1, -0.05) is 40.2 Å². The fraction of sp³-hybridized carbons (Fsp3) is 0.200. The monoisotopic (exact) mass is 359 g/mol. The Hall–Kier alpha value is -1.69. The molecule has 21 heavy (non-hydrogen) atoms. The van der Waals surface area contributed by atoms with Crippen LogP contribution in [0.1, 0.15) is 18.5 Å². The van der Waals surface area contributed by atoms with Crippen molar-refractivity contribution in [2.75, 3.05) is 5.32 Å². The van der Waals surface area contributed by atoms with Crippen molar-refractivity contribution in [3.8, 4) is 5.75 Å². The Morgan fingerprint density at radius 1 is 1.05 bits per heavy atom. The zero-order valence-electron chi connectivity index (χ0n) is 11.1. The van der Waals surface area contributed by atoms with Gasteiger partial charge >= 0.3 is 6.36 Å². The number of para-hydroxylation sites is 2. The zero-order chi connectivity index (χ0) is 15.5. The lowest BCUT2D eigenvalue weighted by atomic mass is 10.1. The van der Waals surface area contributed by atoms with Crippen LogP contribution >= 0.6 is 15.9 Å². The molecule has 0 amide bonds. The average molecular weight is 360 g/mol. The van der Waals surface area contributed by atoms with E-state index in [9.17, 15) is 13.2 Å². The smallest absolute Gasteiger partial charge is 0.404 e. The first-order chi connectivity index (χ1) is 9.85. The number of rotatable bonds is 4. The molecular formula is C15H13BrF3NO. The molecule has 0 aromatic heterocycles. The van der Waals surface area contributed by atoms with Crippen LogP contribution < -0.4 is 10.1 Å². The van der Waals surface area contributed by atoms with E-state index < -0.39 is 6.36 Å². The minimum atomic E-state index is -4.71. The molecule has 0 aliphatic heterocycles. The van der Waals surface area contributed by atoms with E-state index in [1.54, 1.807) is 12.1 Å². The predicted molar refractivity (Wildman–Crippen MR) is 79.3 cm³/mol. The number of anilines is 1. The Kier molecular flexibility index (Phi) is 4.77. The molecule has 0 spiro atoms. The van der Waals surface area contributed by atoms with Crippen molar-refractivity contribution < 1.29 is 17.9 Å². The summed E-state index contributed by atoms with van der Waals surface area (Å²) in [6.07, 6.45) is -4.71. The van der Waals surface area contributed by atoms with Crippen LogP contribution in [-0.2, 0) is 0 Å². The van der Waals surface area contributed by atoms with Crippen molar-refractivity contribution in [1.82, 2.24) is 0 Å². The van der Waals surface area contributed by atoms with Crippen LogP contribution in [0.3, 0.4) is 0 Å². The molecule has 1 atom stereocenters. The molecule has 1 N–H and O–H groups in total. The van der Waals surface area contributed by atoms with Crippen LogP contribution in [0.2, 0.25) is 0 Å². The maximum absolute atomic E-state index is 12.4. The SMILES string of the molecule is CC(Nc1ccccc1OC(F)(F)F)c1ccc(Br)cc1. The Morgan fingerprint density at radius 2 is 1.67 bits per heavy atom. The third-order valence-electron chi connectivity index (χ3n) is 2.85. The van der Waals surface area contributed by atoms with Gasteiger partial charge in [-0.3, -0.25) is 0 Å². The highest BCUT2D eigenvalue weighted by Crippen LogP contribution is 2.32. The lowest BCUT2D eigenvalue weighted by Gasteiger charge is -2.19. The van der Waals surface area contributed by atoms with Crippen molar-refractivity contribution >= 4 is 21.6 Å². The summed E-state index contributed by atoms with van der Waals surface area (Å²) in [4.78, 5) is 0.